The van der Waals surface area contributed by atoms with Gasteiger partial charge in [-0.15, -0.1) is 0 Å². The summed E-state index contributed by atoms with van der Waals surface area (Å²) in [5.41, 5.74) is 1.78. The highest BCUT2D eigenvalue weighted by Crippen LogP contribution is 2.27. The molecule has 1 aliphatic heterocycles. The third-order valence-electron chi connectivity index (χ3n) is 4.64. The molecule has 2 rings (SSSR count). The average Bonchev–Trinajstić information content (AvgIpc) is 3.15. The van der Waals surface area contributed by atoms with Gasteiger partial charge in [-0.3, -0.25) is 9.59 Å². The molecule has 0 spiro atoms. The standard InChI is InChI=1S/C20H28N2O5S/c1-5-21(13-15(2)3)19(23)14-27-20(24)18-7-6-12-22(18)28(25,26)17-10-8-16(4)9-11-17/h8-11,18H,2,5-7,12-14H2,1,3-4H3. The molecule has 1 atom stereocenters. The van der Waals surface area contributed by atoms with Crippen molar-refractivity contribution in [1.82, 2.24) is 9.21 Å². The van der Waals surface area contributed by atoms with E-state index in [1.807, 2.05) is 20.8 Å². The smallest absolute Gasteiger partial charge is 0.324 e. The predicted molar refractivity (Wildman–Crippen MR) is 106 cm³/mol. The molecule has 8 heteroatoms. The van der Waals surface area contributed by atoms with Gasteiger partial charge in [0.05, 0.1) is 4.90 Å². The van der Waals surface area contributed by atoms with E-state index >= 15 is 0 Å². The van der Waals surface area contributed by atoms with Gasteiger partial charge in [-0.05, 0) is 45.7 Å². The Morgan fingerprint density at radius 3 is 2.50 bits per heavy atom. The van der Waals surface area contributed by atoms with E-state index in [4.69, 9.17) is 4.74 Å². The van der Waals surface area contributed by atoms with Crippen molar-refractivity contribution in [3.05, 3.63) is 42.0 Å². The van der Waals surface area contributed by atoms with E-state index in [0.717, 1.165) is 11.1 Å². The molecule has 0 aliphatic carbocycles. The predicted octanol–water partition coefficient (Wildman–Crippen LogP) is 2.12. The van der Waals surface area contributed by atoms with Crippen LogP contribution in [-0.2, 0) is 24.3 Å². The van der Waals surface area contributed by atoms with E-state index in [-0.39, 0.29) is 17.3 Å². The first-order chi connectivity index (χ1) is 13.2. The fraction of sp³-hybridized carbons (Fsp3) is 0.500. The molecule has 154 valence electrons. The summed E-state index contributed by atoms with van der Waals surface area (Å²) in [7, 11) is -3.80. The van der Waals surface area contributed by atoms with Gasteiger partial charge in [-0.25, -0.2) is 8.42 Å². The molecule has 0 N–H and O–H groups in total. The van der Waals surface area contributed by atoms with Crippen molar-refractivity contribution < 1.29 is 22.7 Å². The Bertz CT molecular complexity index is 833. The minimum absolute atomic E-state index is 0.146. The van der Waals surface area contributed by atoms with Crippen LogP contribution < -0.4 is 0 Å². The molecule has 1 heterocycles. The maximum Gasteiger partial charge on any atom is 0.324 e. The van der Waals surface area contributed by atoms with Gasteiger partial charge >= 0.3 is 5.97 Å². The largest absolute Gasteiger partial charge is 0.454 e. The summed E-state index contributed by atoms with van der Waals surface area (Å²) in [5, 5.41) is 0. The van der Waals surface area contributed by atoms with Crippen LogP contribution in [0.3, 0.4) is 0 Å². The molecule has 0 bridgehead atoms. The topological polar surface area (TPSA) is 84.0 Å². The van der Waals surface area contributed by atoms with Gasteiger partial charge in [-0.1, -0.05) is 29.8 Å². The highest BCUT2D eigenvalue weighted by Gasteiger charge is 2.40. The fourth-order valence-corrected chi connectivity index (χ4v) is 4.78. The first-order valence-corrected chi connectivity index (χ1v) is 10.8. The van der Waals surface area contributed by atoms with Crippen LogP contribution in [-0.4, -0.2) is 61.8 Å². The third kappa shape index (κ3) is 5.20. The maximum atomic E-state index is 12.9. The Hall–Kier alpha value is -2.19. The van der Waals surface area contributed by atoms with Crippen molar-refractivity contribution in [3.63, 3.8) is 0 Å². The van der Waals surface area contributed by atoms with Gasteiger partial charge in [0.15, 0.2) is 6.61 Å². The molecule has 0 aromatic heterocycles. The van der Waals surface area contributed by atoms with E-state index in [1.165, 1.54) is 21.3 Å². The highest BCUT2D eigenvalue weighted by atomic mass is 32.2. The molecule has 7 nitrogen and oxygen atoms in total. The third-order valence-corrected chi connectivity index (χ3v) is 6.56. The van der Waals surface area contributed by atoms with Crippen molar-refractivity contribution in [1.29, 1.82) is 0 Å². The Balaban J connectivity index is 2.05. The number of aryl methyl sites for hydroxylation is 1. The molecule has 1 aromatic rings. The van der Waals surface area contributed by atoms with Crippen LogP contribution in [0.2, 0.25) is 0 Å². The zero-order valence-electron chi connectivity index (χ0n) is 16.7. The minimum atomic E-state index is -3.80. The summed E-state index contributed by atoms with van der Waals surface area (Å²) >= 11 is 0. The van der Waals surface area contributed by atoms with E-state index in [0.29, 0.717) is 25.9 Å². The highest BCUT2D eigenvalue weighted by molar-refractivity contribution is 7.89. The lowest BCUT2D eigenvalue weighted by atomic mass is 10.2. The fourth-order valence-electron chi connectivity index (χ4n) is 3.13. The van der Waals surface area contributed by atoms with Gasteiger partial charge in [-0.2, -0.15) is 4.31 Å². The number of esters is 1. The van der Waals surface area contributed by atoms with Gasteiger partial charge < -0.3 is 9.64 Å². The number of amides is 1. The summed E-state index contributed by atoms with van der Waals surface area (Å²) in [6.45, 7) is 10.0. The number of ether oxygens (including phenoxy) is 1. The minimum Gasteiger partial charge on any atom is -0.454 e. The molecule has 1 aliphatic rings. The molecule has 28 heavy (non-hydrogen) atoms. The average molecular weight is 409 g/mol. The summed E-state index contributed by atoms with van der Waals surface area (Å²) in [5.74, 6) is -1.02. The van der Waals surface area contributed by atoms with Crippen LogP contribution in [0, 0.1) is 6.92 Å². The summed E-state index contributed by atoms with van der Waals surface area (Å²) < 4.78 is 32.2. The molecule has 1 aromatic carbocycles. The number of hydrogen-bond donors (Lipinski definition) is 0. The van der Waals surface area contributed by atoms with Gasteiger partial charge in [0.1, 0.15) is 6.04 Å². The number of hydrogen-bond acceptors (Lipinski definition) is 5. The SMILES string of the molecule is C=C(C)CN(CC)C(=O)COC(=O)C1CCCN1S(=O)(=O)c1ccc(C)cc1. The monoisotopic (exact) mass is 408 g/mol. The second kappa shape index (κ2) is 9.34. The first-order valence-electron chi connectivity index (χ1n) is 9.34. The second-order valence-corrected chi connectivity index (χ2v) is 8.95. The van der Waals surface area contributed by atoms with Crippen LogP contribution in [0.5, 0.6) is 0 Å². The van der Waals surface area contributed by atoms with Crippen LogP contribution in [0.25, 0.3) is 0 Å². The zero-order valence-corrected chi connectivity index (χ0v) is 17.5. The van der Waals surface area contributed by atoms with Crippen molar-refractivity contribution in [2.24, 2.45) is 0 Å². The maximum absolute atomic E-state index is 12.9. The number of benzene rings is 1. The number of likely N-dealkylation sites (N-methyl/N-ethyl adjacent to an activating group) is 1. The van der Waals surface area contributed by atoms with Crippen molar-refractivity contribution in [2.45, 2.75) is 44.6 Å². The van der Waals surface area contributed by atoms with Crippen LogP contribution in [0.15, 0.2) is 41.3 Å². The number of carbonyl (C=O) groups is 2. The van der Waals surface area contributed by atoms with Gasteiger partial charge in [0.2, 0.25) is 10.0 Å². The van der Waals surface area contributed by atoms with Crippen LogP contribution in [0.1, 0.15) is 32.3 Å². The van der Waals surface area contributed by atoms with Gasteiger partial charge in [0, 0.05) is 19.6 Å². The number of sulfonamides is 1. The van der Waals surface area contributed by atoms with Gasteiger partial charge in [0.25, 0.3) is 5.91 Å². The van der Waals surface area contributed by atoms with E-state index in [9.17, 15) is 18.0 Å². The van der Waals surface area contributed by atoms with E-state index in [2.05, 4.69) is 6.58 Å². The summed E-state index contributed by atoms with van der Waals surface area (Å²) in [6.07, 6.45) is 0.941. The lowest BCUT2D eigenvalue weighted by Crippen LogP contribution is -2.43. The lowest BCUT2D eigenvalue weighted by molar-refractivity contribution is -0.154. The molecular weight excluding hydrogens is 380 g/mol. The lowest BCUT2D eigenvalue weighted by Gasteiger charge is -2.24. The Morgan fingerprint density at radius 2 is 1.93 bits per heavy atom. The molecule has 1 amide bonds. The molecular formula is C20H28N2O5S. The molecule has 0 radical (unpaired) electrons. The van der Waals surface area contributed by atoms with E-state index < -0.39 is 28.6 Å². The molecule has 1 unspecified atom stereocenters. The number of nitrogens with zero attached hydrogens (tertiary/aromatic N) is 2. The molecule has 1 saturated heterocycles. The van der Waals surface area contributed by atoms with Crippen LogP contribution >= 0.6 is 0 Å². The molecule has 1 fully saturated rings. The number of rotatable bonds is 8. The number of carbonyl (C=O) groups excluding carboxylic acids is 2. The van der Waals surface area contributed by atoms with Crippen molar-refractivity contribution in [3.8, 4) is 0 Å². The second-order valence-electron chi connectivity index (χ2n) is 7.06. The van der Waals surface area contributed by atoms with Crippen molar-refractivity contribution >= 4 is 21.9 Å². The van der Waals surface area contributed by atoms with E-state index in [1.54, 1.807) is 12.1 Å². The van der Waals surface area contributed by atoms with Crippen molar-refractivity contribution in [2.75, 3.05) is 26.2 Å². The Labute approximate surface area is 167 Å². The first kappa shape index (κ1) is 22.1. The summed E-state index contributed by atoms with van der Waals surface area (Å²) in [6, 6.07) is 5.60. The quantitative estimate of drug-likeness (QED) is 0.486. The summed E-state index contributed by atoms with van der Waals surface area (Å²) in [4.78, 5) is 26.4. The Morgan fingerprint density at radius 1 is 1.29 bits per heavy atom. The Kier molecular flexibility index (Phi) is 7.37. The normalized spacial score (nSPS) is 17.3. The molecule has 0 saturated carbocycles. The zero-order chi connectivity index (χ0) is 20.9. The van der Waals surface area contributed by atoms with Crippen LogP contribution in [0.4, 0.5) is 0 Å².